The van der Waals surface area contributed by atoms with Crippen molar-refractivity contribution in [3.05, 3.63) is 282 Å². The first-order valence-electron chi connectivity index (χ1n) is 45.6. The summed E-state index contributed by atoms with van der Waals surface area (Å²) in [5.41, 5.74) is 24.1. The third-order valence-electron chi connectivity index (χ3n) is 24.3. The maximum absolute atomic E-state index is 4.45. The second kappa shape index (κ2) is 42.6. The van der Waals surface area contributed by atoms with Gasteiger partial charge in [0.05, 0.1) is 45.2 Å². The molecule has 0 spiro atoms. The fourth-order valence-electron chi connectivity index (χ4n) is 16.0. The van der Waals surface area contributed by atoms with Gasteiger partial charge in [-0.2, -0.15) is 0 Å². The molecule has 15 nitrogen and oxygen atoms in total. The normalized spacial score (nSPS) is 17.2. The van der Waals surface area contributed by atoms with Crippen molar-refractivity contribution in [2.45, 2.75) is 277 Å². The van der Waals surface area contributed by atoms with Gasteiger partial charge in [-0.15, -0.1) is 0 Å². The number of fused-ring (bicyclic) bond motifs is 9. The largest absolute Gasteiger partial charge is 0.382 e. The average molecular weight is 1670 g/mol. The first-order valence-corrected chi connectivity index (χ1v) is 45.6. The molecule has 12 heterocycles. The Morgan fingerprint density at radius 2 is 0.855 bits per heavy atom. The molecule has 6 aromatic heterocycles. The predicted molar refractivity (Wildman–Crippen MR) is 531 cm³/mol. The zero-order chi connectivity index (χ0) is 89.8. The molecule has 18 rings (SSSR count). The number of aromatic nitrogens is 7. The predicted octanol–water partition coefficient (Wildman–Crippen LogP) is 25.9. The number of anilines is 6. The van der Waals surface area contributed by atoms with Crippen molar-refractivity contribution in [3.8, 4) is 0 Å². The Morgan fingerprint density at radius 3 is 1.42 bits per heavy atom. The van der Waals surface area contributed by atoms with Crippen LogP contribution in [-0.2, 0) is 55.0 Å². The number of para-hydroxylation sites is 8. The highest BCUT2D eigenvalue weighted by Crippen LogP contribution is 2.37. The van der Waals surface area contributed by atoms with Crippen molar-refractivity contribution in [3.63, 3.8) is 0 Å². The second-order valence-electron chi connectivity index (χ2n) is 41.9. The summed E-state index contributed by atoms with van der Waals surface area (Å²) in [5, 5.41) is 24.8. The zero-order valence-corrected chi connectivity index (χ0v) is 79.9. The number of hydrogen-bond donors (Lipinski definition) is 6. The standard InChI is InChI=1S/2C13H15N.C13H19N.3C12H18N2.C12H17N.C11H13N3.C11H16N2/c1-13(2,3)11-8-10-6-4-5-7-12(10)14-9-11;1-13(2,3)11-8-9-14-12-7-5-4-6-10(11)12;1-13(2,3)12-9-8-10-6-4-5-7-11(10)14-12;1-12(2,3)14-8-6-10-5-4-7-13-11(10)9-14;2*1-12(2,3)11-8-13-9-6-4-5-7-10(9)14-11;1-9(2)11-8-7-10-5-3-4-6-12(10)13-11;1-11(2,3)9-8-5-4-6-12-10(8)14-7-13-9;1-9(2)13-7-5-11-10(8-13)4-3-6-12-11/h2*4-9H,1-3H3;4-7,12,14H,8-9H2,1-3H3;4-5,7H,6,8-9H2,1-3H3;2*4-7,11,13-14H,8H2,1-3H3;3-6,9,11,13H,7-8H2,1-2H3;4-7H,1-3H3;3-4,6,9H,5,7-8H2,1-2H3. The molecule has 6 aliphatic heterocycles. The quantitative estimate of drug-likeness (QED) is 0.0966. The van der Waals surface area contributed by atoms with Gasteiger partial charge < -0.3 is 31.9 Å². The Balaban J connectivity index is 0.000000146. The highest BCUT2D eigenvalue weighted by Gasteiger charge is 2.32. The third kappa shape index (κ3) is 27.8. The molecule has 6 aromatic carbocycles. The fourth-order valence-corrected chi connectivity index (χ4v) is 16.0. The first kappa shape index (κ1) is 95.9. The van der Waals surface area contributed by atoms with Crippen molar-refractivity contribution < 1.29 is 0 Å². The molecule has 0 fully saturated rings. The fraction of sp³-hybridized carbons (Fsp3) is 0.459. The number of nitrogens with one attached hydrogen (secondary N) is 6. The smallest absolute Gasteiger partial charge is 0.162 e. The number of benzene rings is 6. The van der Waals surface area contributed by atoms with E-state index in [-0.39, 0.29) is 21.8 Å². The van der Waals surface area contributed by atoms with Crippen molar-refractivity contribution in [2.24, 2.45) is 22.2 Å². The Labute approximate surface area is 746 Å². The van der Waals surface area contributed by atoms with E-state index in [1.807, 2.05) is 67.3 Å². The van der Waals surface area contributed by atoms with E-state index in [1.165, 1.54) is 115 Å². The van der Waals surface area contributed by atoms with Gasteiger partial charge in [-0.1, -0.05) is 248 Å². The Kier molecular flexibility index (Phi) is 32.9. The molecule has 6 N–H and O–H groups in total. The van der Waals surface area contributed by atoms with Crippen molar-refractivity contribution in [1.82, 2.24) is 44.7 Å². The van der Waals surface area contributed by atoms with E-state index < -0.39 is 0 Å². The van der Waals surface area contributed by atoms with Crippen LogP contribution in [0.1, 0.15) is 236 Å². The van der Waals surface area contributed by atoms with Gasteiger partial charge >= 0.3 is 0 Å². The van der Waals surface area contributed by atoms with Crippen LogP contribution in [0.5, 0.6) is 0 Å². The van der Waals surface area contributed by atoms with E-state index in [2.05, 4.69) is 401 Å². The van der Waals surface area contributed by atoms with E-state index >= 15 is 0 Å². The van der Waals surface area contributed by atoms with Gasteiger partial charge in [0.1, 0.15) is 6.33 Å². The molecular weight excluding hydrogens is 1520 g/mol. The van der Waals surface area contributed by atoms with Crippen molar-refractivity contribution in [2.75, 3.05) is 58.1 Å². The molecule has 0 aliphatic carbocycles. The lowest BCUT2D eigenvalue weighted by Crippen LogP contribution is -2.44. The Hall–Kier alpha value is -10.4. The molecule has 6 aliphatic rings. The van der Waals surface area contributed by atoms with Crippen LogP contribution in [0.3, 0.4) is 0 Å². The van der Waals surface area contributed by atoms with Crippen LogP contribution >= 0.6 is 0 Å². The lowest BCUT2D eigenvalue weighted by atomic mass is 9.81. The van der Waals surface area contributed by atoms with Crippen molar-refractivity contribution >= 4 is 67.0 Å². The number of nitrogens with zero attached hydrogens (tertiary/aromatic N) is 9. The van der Waals surface area contributed by atoms with Crippen LogP contribution in [0.2, 0.25) is 0 Å². The maximum Gasteiger partial charge on any atom is 0.162 e. The topological polar surface area (TPSA) is 169 Å². The Bertz CT molecular complexity index is 4890. The summed E-state index contributed by atoms with van der Waals surface area (Å²) in [4.78, 5) is 35.3. The number of aryl methyl sites for hydroxylation is 2. The summed E-state index contributed by atoms with van der Waals surface area (Å²) in [7, 11) is 0. The minimum Gasteiger partial charge on any atom is -0.382 e. The van der Waals surface area contributed by atoms with E-state index in [4.69, 9.17) is 0 Å². The lowest BCUT2D eigenvalue weighted by molar-refractivity contribution is 0.118. The maximum atomic E-state index is 4.45. The second-order valence-corrected chi connectivity index (χ2v) is 41.9. The molecule has 0 saturated heterocycles. The molecule has 4 atom stereocenters. The SMILES string of the molecule is CC(C)(C)C1CCc2ccccc2N1.CC(C)(C)C1CNc2ccccc2N1.CC(C)(C)C1CNc2ccccc2N1.CC(C)(C)N1CCc2cccnc2C1.CC(C)(C)c1ccnc2ccccc12.CC(C)(C)c1cnc2ccccc2c1.CC(C)(C)c1ncnc2ncccc12.CC(C)C1CCc2ccccc2N1.CC(C)N1CCc2ncccc2C1. The van der Waals surface area contributed by atoms with Gasteiger partial charge in [0, 0.05) is 151 Å². The van der Waals surface area contributed by atoms with Gasteiger partial charge in [-0.3, -0.25) is 29.7 Å². The molecular formula is C109H149N15. The van der Waals surface area contributed by atoms with E-state index in [1.54, 1.807) is 12.5 Å². The number of pyridine rings is 5. The zero-order valence-electron chi connectivity index (χ0n) is 79.9. The average Bonchev–Trinajstić information content (AvgIpc) is 0.790. The molecule has 124 heavy (non-hydrogen) atoms. The monoisotopic (exact) mass is 1670 g/mol. The molecule has 660 valence electrons. The van der Waals surface area contributed by atoms with Gasteiger partial charge in [0.25, 0.3) is 0 Å². The molecule has 0 amide bonds. The lowest BCUT2D eigenvalue weighted by Gasteiger charge is -2.38. The highest BCUT2D eigenvalue weighted by atomic mass is 15.2. The molecule has 0 bridgehead atoms. The molecule has 0 saturated carbocycles. The highest BCUT2D eigenvalue weighted by molar-refractivity contribution is 5.83. The van der Waals surface area contributed by atoms with Crippen LogP contribution in [0.15, 0.2) is 231 Å². The van der Waals surface area contributed by atoms with Crippen LogP contribution < -0.4 is 31.9 Å². The van der Waals surface area contributed by atoms with Crippen molar-refractivity contribution in [1.29, 1.82) is 0 Å². The summed E-state index contributed by atoms with van der Waals surface area (Å²) in [6.45, 7) is 62.5. The first-order chi connectivity index (χ1) is 58.6. The minimum absolute atomic E-state index is 0.0320. The van der Waals surface area contributed by atoms with Crippen LogP contribution in [0.25, 0.3) is 32.8 Å². The number of rotatable bonds is 2. The van der Waals surface area contributed by atoms with Crippen LogP contribution in [-0.4, -0.2) is 107 Å². The summed E-state index contributed by atoms with van der Waals surface area (Å²) >= 11 is 0. The van der Waals surface area contributed by atoms with E-state index in [9.17, 15) is 0 Å². The Morgan fingerprint density at radius 1 is 0.363 bits per heavy atom. The molecule has 0 radical (unpaired) electrons. The van der Waals surface area contributed by atoms with E-state index in [0.29, 0.717) is 46.5 Å². The molecule has 4 unspecified atom stereocenters. The molecule has 12 aromatic rings. The van der Waals surface area contributed by atoms with E-state index in [0.717, 1.165) is 85.8 Å². The number of hydrogen-bond acceptors (Lipinski definition) is 15. The summed E-state index contributed by atoms with van der Waals surface area (Å²) in [5.74, 6) is 0.730. The third-order valence-corrected chi connectivity index (χ3v) is 24.3. The van der Waals surface area contributed by atoms with Crippen LogP contribution in [0, 0.1) is 22.2 Å². The summed E-state index contributed by atoms with van der Waals surface area (Å²) in [6, 6.07) is 70.2. The van der Waals surface area contributed by atoms with Gasteiger partial charge in [0.15, 0.2) is 5.65 Å². The van der Waals surface area contributed by atoms with Crippen LogP contribution in [0.4, 0.5) is 34.1 Å². The summed E-state index contributed by atoms with van der Waals surface area (Å²) < 4.78 is 0. The van der Waals surface area contributed by atoms with Gasteiger partial charge in [-0.25, -0.2) is 15.0 Å². The molecule has 15 heteroatoms. The summed E-state index contributed by atoms with van der Waals surface area (Å²) in [6.07, 6.45) is 18.2. The minimum atomic E-state index is 0.0320. The van der Waals surface area contributed by atoms with Gasteiger partial charge in [-0.05, 0) is 218 Å². The van der Waals surface area contributed by atoms with Gasteiger partial charge in [0.2, 0.25) is 0 Å².